The number of carbonyl (C=O) groups is 1. The van der Waals surface area contributed by atoms with Crippen LogP contribution < -0.4 is 9.47 Å². The van der Waals surface area contributed by atoms with Crippen molar-refractivity contribution in [2.45, 2.75) is 13.8 Å². The van der Waals surface area contributed by atoms with Gasteiger partial charge in [0.05, 0.1) is 14.2 Å². The molecule has 0 aliphatic carbocycles. The normalized spacial score (nSPS) is 9.93. The number of aryl methyl sites for hydroxylation is 2. The van der Waals surface area contributed by atoms with Gasteiger partial charge in [0.15, 0.2) is 5.52 Å². The van der Waals surface area contributed by atoms with Crippen molar-refractivity contribution in [1.29, 1.82) is 0 Å². The minimum atomic E-state index is -0.129. The second-order valence-electron chi connectivity index (χ2n) is 3.32. The van der Waals surface area contributed by atoms with Gasteiger partial charge >= 0.3 is 0 Å². The average Bonchev–Trinajstić information content (AvgIpc) is 2.16. The summed E-state index contributed by atoms with van der Waals surface area (Å²) in [4.78, 5) is 11.5. The van der Waals surface area contributed by atoms with Gasteiger partial charge in [0.2, 0.25) is 0 Å². The lowest BCUT2D eigenvalue weighted by Crippen LogP contribution is -2.03. The number of hydrogen-bond donors (Lipinski definition) is 0. The van der Waals surface area contributed by atoms with Crippen LogP contribution in [0.1, 0.15) is 21.5 Å². The van der Waals surface area contributed by atoms with Gasteiger partial charge < -0.3 is 9.47 Å². The molecule has 1 aromatic rings. The molecule has 0 fully saturated rings. The van der Waals surface area contributed by atoms with Gasteiger partial charge in [-0.05, 0) is 31.0 Å². The zero-order valence-electron chi connectivity index (χ0n) is 9.38. The molecule has 0 spiro atoms. The summed E-state index contributed by atoms with van der Waals surface area (Å²) >= 11 is 0. The molecule has 4 heteroatoms. The molecular formula is C11H15O3P. The van der Waals surface area contributed by atoms with Crippen LogP contribution in [0.4, 0.5) is 0 Å². The van der Waals surface area contributed by atoms with Gasteiger partial charge in [0, 0.05) is 0 Å². The van der Waals surface area contributed by atoms with Crippen LogP contribution in [0.2, 0.25) is 0 Å². The van der Waals surface area contributed by atoms with E-state index in [2.05, 4.69) is 9.24 Å². The first-order valence-corrected chi connectivity index (χ1v) is 5.12. The molecule has 3 nitrogen and oxygen atoms in total. The van der Waals surface area contributed by atoms with Crippen molar-refractivity contribution in [3.63, 3.8) is 0 Å². The second-order valence-corrected chi connectivity index (χ2v) is 3.84. The standard InChI is InChI=1S/C11H15O3P/c1-6-5-7(2)10(14-4)8(11(12)15)9(6)13-3/h5H,15H2,1-4H3. The molecule has 0 aliphatic heterocycles. The van der Waals surface area contributed by atoms with Gasteiger partial charge in [-0.2, -0.15) is 0 Å². The molecule has 0 saturated carbocycles. The lowest BCUT2D eigenvalue weighted by atomic mass is 10.0. The predicted octanol–water partition coefficient (Wildman–Crippen LogP) is 2.34. The molecule has 0 radical (unpaired) electrons. The molecule has 1 aromatic carbocycles. The summed E-state index contributed by atoms with van der Waals surface area (Å²) in [5.74, 6) is 1.16. The maximum Gasteiger partial charge on any atom is 0.185 e. The van der Waals surface area contributed by atoms with Crippen molar-refractivity contribution >= 4 is 14.8 Å². The van der Waals surface area contributed by atoms with Crippen LogP contribution >= 0.6 is 9.24 Å². The van der Waals surface area contributed by atoms with Crippen molar-refractivity contribution in [2.75, 3.05) is 14.2 Å². The first-order chi connectivity index (χ1) is 7.02. The highest BCUT2D eigenvalue weighted by Crippen LogP contribution is 2.36. The Hall–Kier alpha value is -1.08. The van der Waals surface area contributed by atoms with E-state index in [1.54, 1.807) is 14.2 Å². The van der Waals surface area contributed by atoms with Crippen molar-refractivity contribution in [1.82, 2.24) is 0 Å². The summed E-state index contributed by atoms with van der Waals surface area (Å²) in [5, 5.41) is 0. The molecule has 82 valence electrons. The van der Waals surface area contributed by atoms with E-state index in [1.807, 2.05) is 19.9 Å². The number of carbonyl (C=O) groups excluding carboxylic acids is 1. The molecule has 1 unspecified atom stereocenters. The minimum absolute atomic E-state index is 0.129. The predicted molar refractivity (Wildman–Crippen MR) is 63.1 cm³/mol. The van der Waals surface area contributed by atoms with Crippen molar-refractivity contribution in [3.8, 4) is 11.5 Å². The van der Waals surface area contributed by atoms with Crippen LogP contribution in [0.5, 0.6) is 11.5 Å². The van der Waals surface area contributed by atoms with Gasteiger partial charge in [0.1, 0.15) is 17.1 Å². The number of benzene rings is 1. The summed E-state index contributed by atoms with van der Waals surface area (Å²) in [6.07, 6.45) is 0. The Morgan fingerprint density at radius 1 is 1.13 bits per heavy atom. The lowest BCUT2D eigenvalue weighted by molar-refractivity contribution is 0.108. The lowest BCUT2D eigenvalue weighted by Gasteiger charge is -2.15. The van der Waals surface area contributed by atoms with Crippen molar-refractivity contribution in [3.05, 3.63) is 22.8 Å². The van der Waals surface area contributed by atoms with Gasteiger partial charge in [-0.1, -0.05) is 9.24 Å². The average molecular weight is 226 g/mol. The van der Waals surface area contributed by atoms with Crippen molar-refractivity contribution < 1.29 is 14.3 Å². The van der Waals surface area contributed by atoms with E-state index >= 15 is 0 Å². The fourth-order valence-corrected chi connectivity index (χ4v) is 1.97. The summed E-state index contributed by atoms with van der Waals surface area (Å²) in [6, 6.07) is 1.94. The second kappa shape index (κ2) is 4.63. The Morgan fingerprint density at radius 2 is 1.53 bits per heavy atom. The Morgan fingerprint density at radius 3 is 1.80 bits per heavy atom. The quantitative estimate of drug-likeness (QED) is 0.742. The Labute approximate surface area is 92.0 Å². The molecule has 0 heterocycles. The third-order valence-corrected chi connectivity index (χ3v) is 2.55. The number of methoxy groups -OCH3 is 2. The molecule has 15 heavy (non-hydrogen) atoms. The van der Waals surface area contributed by atoms with Gasteiger partial charge in [0.25, 0.3) is 0 Å². The Bertz CT molecular complexity index is 371. The summed E-state index contributed by atoms with van der Waals surface area (Å²) in [6.45, 7) is 3.81. The third kappa shape index (κ3) is 2.13. The maximum atomic E-state index is 11.5. The molecular weight excluding hydrogens is 211 g/mol. The summed E-state index contributed by atoms with van der Waals surface area (Å²) < 4.78 is 10.4. The van der Waals surface area contributed by atoms with Gasteiger partial charge in [-0.3, -0.25) is 4.79 Å². The fourth-order valence-electron chi connectivity index (χ4n) is 1.70. The van der Waals surface area contributed by atoms with Crippen molar-refractivity contribution in [2.24, 2.45) is 0 Å². The monoisotopic (exact) mass is 226 g/mol. The van der Waals surface area contributed by atoms with E-state index in [1.165, 1.54) is 0 Å². The number of ether oxygens (including phenoxy) is 2. The van der Waals surface area contributed by atoms with Crippen LogP contribution in [-0.2, 0) is 0 Å². The molecule has 0 saturated heterocycles. The van der Waals surface area contributed by atoms with E-state index in [-0.39, 0.29) is 5.52 Å². The highest BCUT2D eigenvalue weighted by molar-refractivity contribution is 7.41. The smallest absolute Gasteiger partial charge is 0.185 e. The van der Waals surface area contributed by atoms with Crippen LogP contribution in [0.15, 0.2) is 6.07 Å². The largest absolute Gasteiger partial charge is 0.496 e. The number of hydrogen-bond acceptors (Lipinski definition) is 3. The van der Waals surface area contributed by atoms with E-state index in [4.69, 9.17) is 9.47 Å². The van der Waals surface area contributed by atoms with Crippen LogP contribution in [0.25, 0.3) is 0 Å². The highest BCUT2D eigenvalue weighted by atomic mass is 31.0. The van der Waals surface area contributed by atoms with Crippen LogP contribution in [0, 0.1) is 13.8 Å². The van der Waals surface area contributed by atoms with E-state index in [0.717, 1.165) is 11.1 Å². The molecule has 0 aromatic heterocycles. The Balaban J connectivity index is 3.58. The molecule has 0 amide bonds. The summed E-state index contributed by atoms with van der Waals surface area (Å²) in [5.41, 5.74) is 2.22. The summed E-state index contributed by atoms with van der Waals surface area (Å²) in [7, 11) is 5.24. The van der Waals surface area contributed by atoms with Gasteiger partial charge in [-0.15, -0.1) is 0 Å². The molecule has 0 bridgehead atoms. The third-order valence-electron chi connectivity index (χ3n) is 2.26. The maximum absolute atomic E-state index is 11.5. The first kappa shape index (κ1) is 12.0. The first-order valence-electron chi connectivity index (χ1n) is 4.54. The fraction of sp³-hybridized carbons (Fsp3) is 0.364. The molecule has 0 N–H and O–H groups in total. The zero-order valence-corrected chi connectivity index (χ0v) is 10.5. The number of rotatable bonds is 3. The van der Waals surface area contributed by atoms with E-state index in [9.17, 15) is 4.79 Å². The molecule has 0 aliphatic rings. The molecule has 1 atom stereocenters. The topological polar surface area (TPSA) is 35.5 Å². The minimum Gasteiger partial charge on any atom is -0.496 e. The zero-order chi connectivity index (χ0) is 11.6. The van der Waals surface area contributed by atoms with Gasteiger partial charge in [-0.25, -0.2) is 0 Å². The van der Waals surface area contributed by atoms with E-state index < -0.39 is 0 Å². The SMILES string of the molecule is COc1c(C)cc(C)c(OC)c1C(=O)P. The highest BCUT2D eigenvalue weighted by Gasteiger charge is 2.19. The van der Waals surface area contributed by atoms with Crippen LogP contribution in [-0.4, -0.2) is 19.7 Å². The van der Waals surface area contributed by atoms with Crippen LogP contribution in [0.3, 0.4) is 0 Å². The molecule has 1 rings (SSSR count). The van der Waals surface area contributed by atoms with E-state index in [0.29, 0.717) is 17.1 Å². The Kier molecular flexibility index (Phi) is 3.70.